The van der Waals surface area contributed by atoms with Crippen LogP contribution in [0, 0.1) is 25.8 Å². The molecule has 138 valence electrons. The molecular weight excluding hydrogens is 336 g/mol. The Kier molecular flexibility index (Phi) is 6.26. The van der Waals surface area contributed by atoms with E-state index in [4.69, 9.17) is 19.3 Å². The number of ether oxygens (including phenoxy) is 3. The van der Waals surface area contributed by atoms with Crippen molar-refractivity contribution in [2.45, 2.75) is 20.3 Å². The maximum Gasteiger partial charge on any atom is 0.213 e. The Balaban J connectivity index is 2.50. The molecule has 26 heavy (non-hydrogen) atoms. The SMILES string of the molecule is COc1cc(C(=O)c2nn(C#CCCO)c(C)c2C)cc(OC)c1OC. The van der Waals surface area contributed by atoms with Crippen molar-refractivity contribution < 1.29 is 24.1 Å². The third-order valence-corrected chi connectivity index (χ3v) is 3.98. The lowest BCUT2D eigenvalue weighted by atomic mass is 10.0. The van der Waals surface area contributed by atoms with Gasteiger partial charge in [-0.25, -0.2) is 0 Å². The Labute approximate surface area is 152 Å². The van der Waals surface area contributed by atoms with Crippen molar-refractivity contribution in [1.82, 2.24) is 9.78 Å². The molecule has 0 aliphatic carbocycles. The van der Waals surface area contributed by atoms with Crippen LogP contribution >= 0.6 is 0 Å². The van der Waals surface area contributed by atoms with Crippen LogP contribution in [0.3, 0.4) is 0 Å². The molecule has 1 heterocycles. The summed E-state index contributed by atoms with van der Waals surface area (Å²) < 4.78 is 17.3. The number of carbonyl (C=O) groups is 1. The van der Waals surface area contributed by atoms with Gasteiger partial charge in [0.25, 0.3) is 0 Å². The molecular formula is C19H22N2O5. The van der Waals surface area contributed by atoms with Crippen LogP contribution in [0.5, 0.6) is 17.2 Å². The van der Waals surface area contributed by atoms with Crippen LogP contribution in [0.4, 0.5) is 0 Å². The molecule has 0 fully saturated rings. The smallest absolute Gasteiger partial charge is 0.213 e. The molecule has 7 nitrogen and oxygen atoms in total. The van der Waals surface area contributed by atoms with E-state index in [0.717, 1.165) is 11.3 Å². The fourth-order valence-electron chi connectivity index (χ4n) is 2.44. The van der Waals surface area contributed by atoms with Crippen LogP contribution in [0.25, 0.3) is 0 Å². The lowest BCUT2D eigenvalue weighted by Crippen LogP contribution is -2.06. The van der Waals surface area contributed by atoms with E-state index in [1.165, 1.54) is 26.0 Å². The van der Waals surface area contributed by atoms with E-state index in [1.807, 2.05) is 13.8 Å². The zero-order chi connectivity index (χ0) is 19.3. The number of hydrogen-bond acceptors (Lipinski definition) is 6. The summed E-state index contributed by atoms with van der Waals surface area (Å²) in [7, 11) is 4.49. The van der Waals surface area contributed by atoms with Gasteiger partial charge in [0.15, 0.2) is 11.5 Å². The molecule has 1 N–H and O–H groups in total. The van der Waals surface area contributed by atoms with E-state index in [-0.39, 0.29) is 12.4 Å². The van der Waals surface area contributed by atoms with E-state index >= 15 is 0 Å². The van der Waals surface area contributed by atoms with Gasteiger partial charge in [0, 0.05) is 23.6 Å². The lowest BCUT2D eigenvalue weighted by Gasteiger charge is -2.13. The quantitative estimate of drug-likeness (QED) is 0.628. The van der Waals surface area contributed by atoms with Crippen molar-refractivity contribution in [2.75, 3.05) is 27.9 Å². The Morgan fingerprint density at radius 3 is 2.27 bits per heavy atom. The number of ketones is 1. The van der Waals surface area contributed by atoms with Crippen LogP contribution in [0.1, 0.15) is 33.7 Å². The highest BCUT2D eigenvalue weighted by Crippen LogP contribution is 2.38. The van der Waals surface area contributed by atoms with Gasteiger partial charge in [-0.15, -0.1) is 0 Å². The summed E-state index contributed by atoms with van der Waals surface area (Å²) in [5, 5.41) is 13.1. The molecule has 0 spiro atoms. The van der Waals surface area contributed by atoms with Crippen molar-refractivity contribution in [2.24, 2.45) is 0 Å². The molecule has 2 aromatic rings. The van der Waals surface area contributed by atoms with Crippen molar-refractivity contribution in [3.8, 4) is 29.2 Å². The average molecular weight is 358 g/mol. The normalized spacial score (nSPS) is 10.1. The third kappa shape index (κ3) is 3.65. The zero-order valence-corrected chi connectivity index (χ0v) is 15.5. The van der Waals surface area contributed by atoms with Gasteiger partial charge in [0.1, 0.15) is 5.69 Å². The van der Waals surface area contributed by atoms with Crippen molar-refractivity contribution in [1.29, 1.82) is 0 Å². The van der Waals surface area contributed by atoms with Crippen LogP contribution in [0.2, 0.25) is 0 Å². The van der Waals surface area contributed by atoms with Gasteiger partial charge in [-0.3, -0.25) is 4.79 Å². The fourth-order valence-corrected chi connectivity index (χ4v) is 2.44. The van der Waals surface area contributed by atoms with Gasteiger partial charge in [0.05, 0.1) is 33.6 Å². The molecule has 2 rings (SSSR count). The maximum atomic E-state index is 13.0. The van der Waals surface area contributed by atoms with Gasteiger partial charge >= 0.3 is 0 Å². The highest BCUT2D eigenvalue weighted by atomic mass is 16.5. The average Bonchev–Trinajstić information content (AvgIpc) is 2.94. The first-order valence-corrected chi connectivity index (χ1v) is 7.99. The van der Waals surface area contributed by atoms with Crippen LogP contribution in [-0.2, 0) is 0 Å². The second kappa shape index (κ2) is 8.41. The lowest BCUT2D eigenvalue weighted by molar-refractivity contribution is 0.103. The van der Waals surface area contributed by atoms with Crippen LogP contribution in [0.15, 0.2) is 12.1 Å². The number of rotatable bonds is 6. The summed E-state index contributed by atoms with van der Waals surface area (Å²) in [4.78, 5) is 13.0. The van der Waals surface area contributed by atoms with Gasteiger partial charge in [-0.05, 0) is 26.0 Å². The Bertz CT molecular complexity index is 849. The summed E-state index contributed by atoms with van der Waals surface area (Å²) in [6.07, 6.45) is 0.342. The van der Waals surface area contributed by atoms with Gasteiger partial charge < -0.3 is 19.3 Å². The molecule has 0 aliphatic rings. The number of aliphatic hydroxyl groups is 1. The van der Waals surface area contributed by atoms with E-state index in [2.05, 4.69) is 17.1 Å². The molecule has 0 atom stereocenters. The molecule has 0 bridgehead atoms. The number of aromatic nitrogens is 2. The Hall–Kier alpha value is -2.98. The summed E-state index contributed by atoms with van der Waals surface area (Å²) in [5.74, 6) is 3.73. The number of aliphatic hydroxyl groups excluding tert-OH is 1. The van der Waals surface area contributed by atoms with Gasteiger partial charge in [-0.2, -0.15) is 9.78 Å². The standard InChI is InChI=1S/C19H22N2O5/c1-12-13(2)21(8-6-7-9-22)20-17(12)18(23)14-10-15(24-3)19(26-5)16(11-14)25-4/h10-11,22H,7,9H2,1-5H3. The van der Waals surface area contributed by atoms with E-state index in [0.29, 0.717) is 34.9 Å². The molecule has 0 radical (unpaired) electrons. The number of methoxy groups -OCH3 is 3. The van der Waals surface area contributed by atoms with Crippen LogP contribution < -0.4 is 14.2 Å². The predicted octanol–water partition coefficient (Wildman–Crippen LogP) is 1.95. The van der Waals surface area contributed by atoms with Gasteiger partial charge in [-0.1, -0.05) is 5.92 Å². The number of hydrogen-bond donors (Lipinski definition) is 1. The maximum absolute atomic E-state index is 13.0. The summed E-state index contributed by atoms with van der Waals surface area (Å²) in [6, 6.07) is 6.00. The highest BCUT2D eigenvalue weighted by Gasteiger charge is 2.22. The number of benzene rings is 1. The Morgan fingerprint density at radius 2 is 1.77 bits per heavy atom. The number of carbonyl (C=O) groups excluding carboxylic acids is 1. The first-order chi connectivity index (χ1) is 12.5. The second-order valence-electron chi connectivity index (χ2n) is 5.48. The van der Waals surface area contributed by atoms with E-state index < -0.39 is 0 Å². The van der Waals surface area contributed by atoms with E-state index in [9.17, 15) is 4.79 Å². The van der Waals surface area contributed by atoms with Crippen molar-refractivity contribution in [3.63, 3.8) is 0 Å². The first kappa shape index (κ1) is 19.3. The molecule has 1 aromatic carbocycles. The highest BCUT2D eigenvalue weighted by molar-refractivity contribution is 6.09. The minimum Gasteiger partial charge on any atom is -0.493 e. The summed E-state index contributed by atoms with van der Waals surface area (Å²) >= 11 is 0. The number of nitrogens with zero attached hydrogens (tertiary/aromatic N) is 2. The zero-order valence-electron chi connectivity index (χ0n) is 15.5. The molecule has 0 unspecified atom stereocenters. The summed E-state index contributed by atoms with van der Waals surface area (Å²) in [6.45, 7) is 3.63. The van der Waals surface area contributed by atoms with Crippen molar-refractivity contribution >= 4 is 5.78 Å². The third-order valence-electron chi connectivity index (χ3n) is 3.98. The molecule has 0 amide bonds. The minimum atomic E-state index is -0.271. The molecule has 7 heteroatoms. The minimum absolute atomic E-state index is 0.0243. The molecule has 0 aliphatic heterocycles. The summed E-state index contributed by atoms with van der Waals surface area (Å²) in [5.41, 5.74) is 2.18. The van der Waals surface area contributed by atoms with Gasteiger partial charge in [0.2, 0.25) is 11.5 Å². The monoisotopic (exact) mass is 358 g/mol. The molecule has 0 saturated heterocycles. The fraction of sp³-hybridized carbons (Fsp3) is 0.368. The molecule has 0 saturated carbocycles. The van der Waals surface area contributed by atoms with E-state index in [1.54, 1.807) is 12.1 Å². The van der Waals surface area contributed by atoms with Crippen LogP contribution in [-0.4, -0.2) is 48.6 Å². The Morgan fingerprint density at radius 1 is 1.15 bits per heavy atom. The largest absolute Gasteiger partial charge is 0.493 e. The molecule has 1 aromatic heterocycles. The van der Waals surface area contributed by atoms with Crippen molar-refractivity contribution in [3.05, 3.63) is 34.6 Å². The first-order valence-electron chi connectivity index (χ1n) is 7.99. The second-order valence-corrected chi connectivity index (χ2v) is 5.48. The predicted molar refractivity (Wildman–Crippen MR) is 96.1 cm³/mol. The topological polar surface area (TPSA) is 82.8 Å².